The number of fused-ring (bicyclic) bond motifs is 1. The molecule has 2 aromatic rings. The molecule has 15 heavy (non-hydrogen) atoms. The van der Waals surface area contributed by atoms with E-state index < -0.39 is 0 Å². The highest BCUT2D eigenvalue weighted by Crippen LogP contribution is 2.26. The molecule has 0 fully saturated rings. The quantitative estimate of drug-likeness (QED) is 0.864. The molecule has 3 nitrogen and oxygen atoms in total. The highest BCUT2D eigenvalue weighted by molar-refractivity contribution is 7.16. The Morgan fingerprint density at radius 1 is 1.40 bits per heavy atom. The Hall–Kier alpha value is -1.16. The van der Waals surface area contributed by atoms with Crippen molar-refractivity contribution >= 4 is 27.4 Å². The number of hydrogen-bond acceptors (Lipinski definition) is 4. The molecular weight excluding hydrogens is 206 g/mol. The van der Waals surface area contributed by atoms with Gasteiger partial charge in [-0.1, -0.05) is 13.8 Å². The molecule has 80 valence electrons. The van der Waals surface area contributed by atoms with Crippen LogP contribution in [-0.2, 0) is 0 Å². The lowest BCUT2D eigenvalue weighted by atomic mass is 10.2. The van der Waals surface area contributed by atoms with Gasteiger partial charge in [0.25, 0.3) is 0 Å². The number of nitrogens with zero attached hydrogens (tertiary/aromatic N) is 2. The molecular formula is C11H15N3S. The van der Waals surface area contributed by atoms with Crippen molar-refractivity contribution in [2.24, 2.45) is 0 Å². The first-order valence-corrected chi connectivity index (χ1v) is 6.09. The van der Waals surface area contributed by atoms with E-state index in [1.54, 1.807) is 11.3 Å². The van der Waals surface area contributed by atoms with Crippen LogP contribution in [0.4, 0.5) is 5.82 Å². The van der Waals surface area contributed by atoms with Gasteiger partial charge in [-0.15, -0.1) is 11.3 Å². The Kier molecular flexibility index (Phi) is 2.86. The highest BCUT2D eigenvalue weighted by atomic mass is 32.1. The first-order valence-electron chi connectivity index (χ1n) is 5.21. The largest absolute Gasteiger partial charge is 0.370 e. The minimum absolute atomic E-state index is 0.369. The van der Waals surface area contributed by atoms with Crippen LogP contribution in [0.5, 0.6) is 0 Å². The number of thiophene rings is 1. The van der Waals surface area contributed by atoms with E-state index in [9.17, 15) is 0 Å². The molecule has 0 bridgehead atoms. The van der Waals surface area contributed by atoms with Crippen molar-refractivity contribution in [3.05, 3.63) is 17.3 Å². The number of hydrogen-bond donors (Lipinski definition) is 1. The summed E-state index contributed by atoms with van der Waals surface area (Å²) >= 11 is 1.67. The van der Waals surface area contributed by atoms with Crippen LogP contribution in [0.1, 0.15) is 32.5 Å². The zero-order chi connectivity index (χ0) is 10.8. The summed E-state index contributed by atoms with van der Waals surface area (Å²) in [6, 6.07) is 2.07. The molecule has 1 N–H and O–H groups in total. The molecule has 2 heterocycles. The van der Waals surface area contributed by atoms with Gasteiger partial charge in [-0.25, -0.2) is 9.97 Å². The van der Waals surface area contributed by atoms with Gasteiger partial charge in [0.15, 0.2) is 0 Å². The Morgan fingerprint density at radius 2 is 2.20 bits per heavy atom. The summed E-state index contributed by atoms with van der Waals surface area (Å²) in [6.45, 7) is 7.20. The van der Waals surface area contributed by atoms with Gasteiger partial charge >= 0.3 is 0 Å². The van der Waals surface area contributed by atoms with Crippen LogP contribution in [0.15, 0.2) is 11.4 Å². The second-order valence-electron chi connectivity index (χ2n) is 3.75. The molecule has 0 amide bonds. The third-order valence-corrected chi connectivity index (χ3v) is 3.01. The maximum Gasteiger partial charge on any atom is 0.138 e. The van der Waals surface area contributed by atoms with E-state index >= 15 is 0 Å². The Morgan fingerprint density at radius 3 is 2.87 bits per heavy atom. The molecule has 0 saturated heterocycles. The number of anilines is 1. The Bertz CT molecular complexity index is 462. The first-order chi connectivity index (χ1) is 7.22. The highest BCUT2D eigenvalue weighted by Gasteiger charge is 2.10. The summed E-state index contributed by atoms with van der Waals surface area (Å²) in [6.07, 6.45) is 0. The normalized spacial score (nSPS) is 11.2. The average Bonchev–Trinajstić information content (AvgIpc) is 2.65. The summed E-state index contributed by atoms with van der Waals surface area (Å²) in [5, 5.41) is 6.48. The minimum Gasteiger partial charge on any atom is -0.370 e. The molecule has 0 saturated carbocycles. The lowest BCUT2D eigenvalue weighted by Crippen LogP contribution is -2.04. The fourth-order valence-corrected chi connectivity index (χ4v) is 2.20. The molecule has 0 unspecified atom stereocenters. The molecule has 0 spiro atoms. The number of rotatable bonds is 3. The van der Waals surface area contributed by atoms with Crippen LogP contribution < -0.4 is 5.32 Å². The molecule has 0 atom stereocenters. The summed E-state index contributed by atoms with van der Waals surface area (Å²) in [7, 11) is 0. The van der Waals surface area contributed by atoms with Crippen LogP contribution >= 0.6 is 11.3 Å². The van der Waals surface area contributed by atoms with Crippen molar-refractivity contribution in [3.63, 3.8) is 0 Å². The maximum atomic E-state index is 4.55. The third kappa shape index (κ3) is 1.95. The predicted molar refractivity (Wildman–Crippen MR) is 65.7 cm³/mol. The summed E-state index contributed by atoms with van der Waals surface area (Å²) < 4.78 is 0. The van der Waals surface area contributed by atoms with Gasteiger partial charge in [-0.05, 0) is 18.4 Å². The summed E-state index contributed by atoms with van der Waals surface area (Å²) in [5.41, 5.74) is 0. The number of aromatic nitrogens is 2. The van der Waals surface area contributed by atoms with Crippen LogP contribution in [0, 0.1) is 0 Å². The van der Waals surface area contributed by atoms with Gasteiger partial charge in [-0.2, -0.15) is 0 Å². The van der Waals surface area contributed by atoms with Crippen molar-refractivity contribution in [1.82, 2.24) is 9.97 Å². The predicted octanol–water partition coefficient (Wildman–Crippen LogP) is 3.25. The van der Waals surface area contributed by atoms with Crippen LogP contribution in [0.2, 0.25) is 0 Å². The molecule has 0 aromatic carbocycles. The zero-order valence-corrected chi connectivity index (χ0v) is 10.1. The summed E-state index contributed by atoms with van der Waals surface area (Å²) in [5.74, 6) is 2.25. The molecule has 2 aromatic heterocycles. The van der Waals surface area contributed by atoms with Crippen LogP contribution in [-0.4, -0.2) is 16.5 Å². The second-order valence-corrected chi connectivity index (χ2v) is 4.65. The van der Waals surface area contributed by atoms with Crippen molar-refractivity contribution in [2.45, 2.75) is 26.7 Å². The lowest BCUT2D eigenvalue weighted by molar-refractivity contribution is 0.785. The van der Waals surface area contributed by atoms with Crippen LogP contribution in [0.25, 0.3) is 10.2 Å². The average molecular weight is 221 g/mol. The van der Waals surface area contributed by atoms with Gasteiger partial charge in [0.2, 0.25) is 0 Å². The van der Waals surface area contributed by atoms with E-state index in [1.165, 1.54) is 0 Å². The van der Waals surface area contributed by atoms with Crippen molar-refractivity contribution in [1.29, 1.82) is 0 Å². The van der Waals surface area contributed by atoms with E-state index in [2.05, 4.69) is 47.5 Å². The van der Waals surface area contributed by atoms with Crippen molar-refractivity contribution in [2.75, 3.05) is 11.9 Å². The fraction of sp³-hybridized carbons (Fsp3) is 0.455. The van der Waals surface area contributed by atoms with Gasteiger partial charge in [0, 0.05) is 12.5 Å². The summed E-state index contributed by atoms with van der Waals surface area (Å²) in [4.78, 5) is 10.2. The van der Waals surface area contributed by atoms with Gasteiger partial charge in [0.05, 0.1) is 5.39 Å². The Labute approximate surface area is 93.6 Å². The standard InChI is InChI=1S/C11H15N3S/c1-4-12-10-8-5-6-15-11(8)14-9(13-10)7(2)3/h5-7H,4H2,1-3H3,(H,12,13,14). The maximum absolute atomic E-state index is 4.55. The topological polar surface area (TPSA) is 37.8 Å². The lowest BCUT2D eigenvalue weighted by Gasteiger charge is -2.08. The molecule has 0 aliphatic heterocycles. The van der Waals surface area contributed by atoms with E-state index in [1.807, 2.05) is 0 Å². The third-order valence-electron chi connectivity index (χ3n) is 2.20. The van der Waals surface area contributed by atoms with E-state index in [4.69, 9.17) is 0 Å². The smallest absolute Gasteiger partial charge is 0.138 e. The van der Waals surface area contributed by atoms with Gasteiger partial charge in [0.1, 0.15) is 16.5 Å². The van der Waals surface area contributed by atoms with E-state index in [-0.39, 0.29) is 0 Å². The molecule has 0 radical (unpaired) electrons. The minimum atomic E-state index is 0.369. The first kappa shape index (κ1) is 10.4. The van der Waals surface area contributed by atoms with Crippen LogP contribution in [0.3, 0.4) is 0 Å². The zero-order valence-electron chi connectivity index (χ0n) is 9.24. The van der Waals surface area contributed by atoms with Gasteiger partial charge < -0.3 is 5.32 Å². The second kappa shape index (κ2) is 4.14. The van der Waals surface area contributed by atoms with Gasteiger partial charge in [-0.3, -0.25) is 0 Å². The van der Waals surface area contributed by atoms with Crippen molar-refractivity contribution in [3.8, 4) is 0 Å². The monoisotopic (exact) mass is 221 g/mol. The number of nitrogens with one attached hydrogen (secondary N) is 1. The SMILES string of the molecule is CCNc1nc(C(C)C)nc2sccc12. The molecule has 2 rings (SSSR count). The molecule has 4 heteroatoms. The van der Waals surface area contributed by atoms with E-state index in [0.717, 1.165) is 28.4 Å². The molecule has 0 aliphatic rings. The van der Waals surface area contributed by atoms with Crippen molar-refractivity contribution < 1.29 is 0 Å². The Balaban J connectivity index is 2.58. The fourth-order valence-electron chi connectivity index (χ4n) is 1.43. The van der Waals surface area contributed by atoms with E-state index in [0.29, 0.717) is 5.92 Å². The molecule has 0 aliphatic carbocycles.